The summed E-state index contributed by atoms with van der Waals surface area (Å²) >= 11 is 3.30. The third-order valence-corrected chi connectivity index (χ3v) is 3.68. The summed E-state index contributed by atoms with van der Waals surface area (Å²) in [6.07, 6.45) is 1.87. The van der Waals surface area contributed by atoms with Crippen molar-refractivity contribution in [1.29, 1.82) is 0 Å². The molecule has 0 aliphatic carbocycles. The molecule has 84 valence electrons. The molecule has 0 amide bonds. The Hall–Kier alpha value is -1.20. The molecule has 0 unspecified atom stereocenters. The highest BCUT2D eigenvalue weighted by Gasteiger charge is 1.97. The van der Waals surface area contributed by atoms with E-state index in [9.17, 15) is 0 Å². The lowest BCUT2D eigenvalue weighted by Gasteiger charge is -1.95. The molecule has 0 aliphatic heterocycles. The van der Waals surface area contributed by atoms with Gasteiger partial charge in [0.2, 0.25) is 4.80 Å². The highest BCUT2D eigenvalue weighted by atomic mass is 32.1. The van der Waals surface area contributed by atoms with E-state index >= 15 is 0 Å². The molecular weight excluding hydrogens is 238 g/mol. The number of aryl methyl sites for hydroxylation is 1. The van der Waals surface area contributed by atoms with E-state index in [1.54, 1.807) is 22.7 Å². The molecule has 0 N–H and O–H groups in total. The Bertz CT molecular complexity index is 532. The molecule has 2 aromatic rings. The molecule has 5 heteroatoms. The van der Waals surface area contributed by atoms with Gasteiger partial charge in [-0.3, -0.25) is 4.99 Å². The van der Waals surface area contributed by atoms with E-state index in [2.05, 4.69) is 20.9 Å². The van der Waals surface area contributed by atoms with Crippen molar-refractivity contribution in [2.45, 2.75) is 13.8 Å². The van der Waals surface area contributed by atoms with Gasteiger partial charge in [0.25, 0.3) is 0 Å². The molecule has 0 bridgehead atoms. The van der Waals surface area contributed by atoms with Crippen LogP contribution in [-0.2, 0) is 0 Å². The van der Waals surface area contributed by atoms with Crippen molar-refractivity contribution < 1.29 is 0 Å². The van der Waals surface area contributed by atoms with Crippen molar-refractivity contribution >= 4 is 28.9 Å². The van der Waals surface area contributed by atoms with Crippen LogP contribution in [0, 0.1) is 6.92 Å². The molecule has 3 nitrogen and oxygen atoms in total. The minimum Gasteiger partial charge on any atom is -0.258 e. The lowest BCUT2D eigenvalue weighted by atomic mass is 10.4. The SMILES string of the molecule is CCN=c1scc(C)n1/N=C\c1ccsc1. The first kappa shape index (κ1) is 11.3. The van der Waals surface area contributed by atoms with E-state index < -0.39 is 0 Å². The fourth-order valence-corrected chi connectivity index (χ4v) is 2.72. The van der Waals surface area contributed by atoms with Crippen LogP contribution in [0.3, 0.4) is 0 Å². The molecule has 0 spiro atoms. The molecular formula is C11H13N3S2. The molecule has 0 atom stereocenters. The molecule has 0 saturated heterocycles. The van der Waals surface area contributed by atoms with E-state index in [0.29, 0.717) is 0 Å². The van der Waals surface area contributed by atoms with E-state index in [4.69, 9.17) is 0 Å². The fourth-order valence-electron chi connectivity index (χ4n) is 1.24. The zero-order valence-corrected chi connectivity index (χ0v) is 10.9. The molecule has 0 radical (unpaired) electrons. The highest BCUT2D eigenvalue weighted by Crippen LogP contribution is 2.04. The second-order valence-corrected chi connectivity index (χ2v) is 4.86. The highest BCUT2D eigenvalue weighted by molar-refractivity contribution is 7.08. The predicted octanol–water partition coefficient (Wildman–Crippen LogP) is 2.72. The van der Waals surface area contributed by atoms with Gasteiger partial charge >= 0.3 is 0 Å². The number of thiophene rings is 1. The minimum atomic E-state index is 0.786. The van der Waals surface area contributed by atoms with Gasteiger partial charge in [-0.15, -0.1) is 11.3 Å². The number of thiazole rings is 1. The molecule has 0 fully saturated rings. The van der Waals surface area contributed by atoms with Crippen LogP contribution in [0.15, 0.2) is 32.3 Å². The monoisotopic (exact) mass is 251 g/mol. The first-order chi connectivity index (χ1) is 7.81. The summed E-state index contributed by atoms with van der Waals surface area (Å²) in [6, 6.07) is 2.05. The standard InChI is InChI=1S/C11H13N3S2/c1-3-12-11-14(9(2)7-16-11)13-6-10-4-5-15-8-10/h4-8H,3H2,1-2H3/b12-11?,13-6-. The Balaban J connectivity index is 2.34. The molecule has 16 heavy (non-hydrogen) atoms. The predicted molar refractivity (Wildman–Crippen MR) is 70.5 cm³/mol. The van der Waals surface area contributed by atoms with Gasteiger partial charge in [0.15, 0.2) is 0 Å². The van der Waals surface area contributed by atoms with Crippen molar-refractivity contribution in [3.63, 3.8) is 0 Å². The topological polar surface area (TPSA) is 29.6 Å². The summed E-state index contributed by atoms with van der Waals surface area (Å²) in [7, 11) is 0. The Morgan fingerprint density at radius 2 is 2.31 bits per heavy atom. The van der Waals surface area contributed by atoms with Gasteiger partial charge in [-0.25, -0.2) is 4.68 Å². The second-order valence-electron chi connectivity index (χ2n) is 3.25. The van der Waals surface area contributed by atoms with Gasteiger partial charge < -0.3 is 0 Å². The Kier molecular flexibility index (Phi) is 3.69. The van der Waals surface area contributed by atoms with Crippen molar-refractivity contribution in [3.05, 3.63) is 38.3 Å². The summed E-state index contributed by atoms with van der Waals surface area (Å²) in [4.78, 5) is 5.35. The number of hydrogen-bond acceptors (Lipinski definition) is 4. The third kappa shape index (κ3) is 2.48. The quantitative estimate of drug-likeness (QED) is 0.751. The van der Waals surface area contributed by atoms with Crippen LogP contribution >= 0.6 is 22.7 Å². The van der Waals surface area contributed by atoms with Crippen molar-refractivity contribution in [3.8, 4) is 0 Å². The Morgan fingerprint density at radius 1 is 1.44 bits per heavy atom. The van der Waals surface area contributed by atoms with Gasteiger partial charge in [0.1, 0.15) is 0 Å². The summed E-state index contributed by atoms with van der Waals surface area (Å²) in [6.45, 7) is 4.85. The average molecular weight is 251 g/mol. The van der Waals surface area contributed by atoms with E-state index in [-0.39, 0.29) is 0 Å². The summed E-state index contributed by atoms with van der Waals surface area (Å²) < 4.78 is 1.88. The van der Waals surface area contributed by atoms with E-state index in [1.807, 2.05) is 36.2 Å². The lowest BCUT2D eigenvalue weighted by Crippen LogP contribution is -2.12. The van der Waals surface area contributed by atoms with Gasteiger partial charge in [-0.05, 0) is 30.7 Å². The van der Waals surface area contributed by atoms with Gasteiger partial charge in [0.05, 0.1) is 11.9 Å². The van der Waals surface area contributed by atoms with Crippen LogP contribution in [0.1, 0.15) is 18.2 Å². The number of rotatable bonds is 3. The smallest absolute Gasteiger partial charge is 0.205 e. The maximum absolute atomic E-state index is 4.44. The maximum Gasteiger partial charge on any atom is 0.205 e. The fraction of sp³-hybridized carbons (Fsp3) is 0.273. The molecule has 0 saturated carbocycles. The largest absolute Gasteiger partial charge is 0.258 e. The van der Waals surface area contributed by atoms with Gasteiger partial charge in [0, 0.05) is 17.5 Å². The van der Waals surface area contributed by atoms with Gasteiger partial charge in [-0.2, -0.15) is 16.4 Å². The van der Waals surface area contributed by atoms with Crippen LogP contribution < -0.4 is 4.80 Å². The summed E-state index contributed by atoms with van der Waals surface area (Å²) in [5, 5.41) is 10.6. The molecule has 0 aliphatic rings. The van der Waals surface area contributed by atoms with Crippen LogP contribution in [-0.4, -0.2) is 17.4 Å². The zero-order chi connectivity index (χ0) is 11.4. The van der Waals surface area contributed by atoms with E-state index in [1.165, 1.54) is 0 Å². The van der Waals surface area contributed by atoms with Crippen LogP contribution in [0.5, 0.6) is 0 Å². The molecule has 2 heterocycles. The maximum atomic E-state index is 4.44. The molecule has 2 aromatic heterocycles. The minimum absolute atomic E-state index is 0.786. The first-order valence-electron chi connectivity index (χ1n) is 5.05. The number of hydrogen-bond donors (Lipinski definition) is 0. The second kappa shape index (κ2) is 5.23. The van der Waals surface area contributed by atoms with Crippen LogP contribution in [0.25, 0.3) is 0 Å². The first-order valence-corrected chi connectivity index (χ1v) is 6.87. The van der Waals surface area contributed by atoms with Crippen LogP contribution in [0.2, 0.25) is 0 Å². The zero-order valence-electron chi connectivity index (χ0n) is 9.25. The van der Waals surface area contributed by atoms with Crippen molar-refractivity contribution in [2.24, 2.45) is 10.1 Å². The van der Waals surface area contributed by atoms with Gasteiger partial charge in [-0.1, -0.05) is 0 Å². The number of aromatic nitrogens is 1. The molecule has 2 rings (SSSR count). The van der Waals surface area contributed by atoms with E-state index in [0.717, 1.165) is 22.6 Å². The average Bonchev–Trinajstić information content (AvgIpc) is 2.88. The third-order valence-electron chi connectivity index (χ3n) is 2.01. The normalized spacial score (nSPS) is 12.8. The summed E-state index contributed by atoms with van der Waals surface area (Å²) in [5.41, 5.74) is 2.24. The Labute approximate surface area is 102 Å². The summed E-state index contributed by atoms with van der Waals surface area (Å²) in [5.74, 6) is 0. The number of nitrogens with zero attached hydrogens (tertiary/aromatic N) is 3. The lowest BCUT2D eigenvalue weighted by molar-refractivity contribution is 0.794. The molecule has 0 aromatic carbocycles. The Morgan fingerprint density at radius 3 is 3.00 bits per heavy atom. The van der Waals surface area contributed by atoms with Crippen molar-refractivity contribution in [1.82, 2.24) is 4.68 Å². The van der Waals surface area contributed by atoms with Crippen molar-refractivity contribution in [2.75, 3.05) is 6.54 Å². The van der Waals surface area contributed by atoms with Crippen LogP contribution in [0.4, 0.5) is 0 Å².